The van der Waals surface area contributed by atoms with Gasteiger partial charge in [0.2, 0.25) is 10.0 Å². The van der Waals surface area contributed by atoms with Gasteiger partial charge in [0, 0.05) is 12.3 Å². The van der Waals surface area contributed by atoms with Gasteiger partial charge in [0.15, 0.2) is 0 Å². The maximum absolute atomic E-state index is 12.0. The minimum absolute atomic E-state index is 0.377. The van der Waals surface area contributed by atoms with E-state index in [-0.39, 0.29) is 4.90 Å². The SMILES string of the molecule is CC(CS(C)(=O)=O)NS(=O)(=O)c1ccc(O)c(C(=O)O)c1. The number of phenols is 1. The van der Waals surface area contributed by atoms with E-state index in [9.17, 15) is 26.7 Å². The maximum atomic E-state index is 12.0. The van der Waals surface area contributed by atoms with Crippen molar-refractivity contribution in [1.29, 1.82) is 0 Å². The van der Waals surface area contributed by atoms with Crippen LogP contribution in [0.1, 0.15) is 17.3 Å². The van der Waals surface area contributed by atoms with Gasteiger partial charge in [-0.05, 0) is 25.1 Å². The van der Waals surface area contributed by atoms with Crippen molar-refractivity contribution in [3.63, 3.8) is 0 Å². The third-order valence-corrected chi connectivity index (χ3v) is 5.11. The van der Waals surface area contributed by atoms with E-state index in [1.54, 1.807) is 0 Å². The second-order valence-electron chi connectivity index (χ2n) is 4.60. The highest BCUT2D eigenvalue weighted by molar-refractivity contribution is 7.91. The van der Waals surface area contributed by atoms with Crippen molar-refractivity contribution in [3.05, 3.63) is 23.8 Å². The number of benzene rings is 1. The summed E-state index contributed by atoms with van der Waals surface area (Å²) in [5.41, 5.74) is -0.561. The number of carbonyl (C=O) groups is 1. The van der Waals surface area contributed by atoms with Crippen molar-refractivity contribution in [2.75, 3.05) is 12.0 Å². The summed E-state index contributed by atoms with van der Waals surface area (Å²) in [6.07, 6.45) is 0.973. The summed E-state index contributed by atoms with van der Waals surface area (Å²) >= 11 is 0. The lowest BCUT2D eigenvalue weighted by Crippen LogP contribution is -2.37. The molecule has 1 aromatic carbocycles. The van der Waals surface area contributed by atoms with Crippen LogP contribution in [-0.2, 0) is 19.9 Å². The Hall–Kier alpha value is -1.65. The fourth-order valence-electron chi connectivity index (χ4n) is 1.67. The molecule has 0 aliphatic heterocycles. The Morgan fingerprint density at radius 2 is 1.86 bits per heavy atom. The molecule has 0 saturated heterocycles. The van der Waals surface area contributed by atoms with Crippen LogP contribution in [0, 0.1) is 0 Å². The molecule has 10 heteroatoms. The minimum atomic E-state index is -4.09. The van der Waals surface area contributed by atoms with Crippen molar-refractivity contribution in [3.8, 4) is 5.75 Å². The van der Waals surface area contributed by atoms with Crippen LogP contribution in [0.5, 0.6) is 5.75 Å². The molecule has 0 radical (unpaired) electrons. The molecule has 0 spiro atoms. The van der Waals surface area contributed by atoms with Crippen LogP contribution < -0.4 is 4.72 Å². The van der Waals surface area contributed by atoms with E-state index in [0.717, 1.165) is 24.5 Å². The van der Waals surface area contributed by atoms with E-state index >= 15 is 0 Å². The number of hydrogen-bond donors (Lipinski definition) is 3. The van der Waals surface area contributed by atoms with E-state index in [1.165, 1.54) is 6.92 Å². The van der Waals surface area contributed by atoms with E-state index in [1.807, 2.05) is 0 Å². The molecular formula is C11H15NO7S2. The summed E-state index contributed by atoms with van der Waals surface area (Å²) in [6, 6.07) is 1.89. The van der Waals surface area contributed by atoms with Gasteiger partial charge in [-0.15, -0.1) is 0 Å². The average molecular weight is 337 g/mol. The lowest BCUT2D eigenvalue weighted by molar-refractivity contribution is 0.0693. The number of aromatic carboxylic acids is 1. The molecule has 21 heavy (non-hydrogen) atoms. The summed E-state index contributed by atoms with van der Waals surface area (Å²) in [7, 11) is -7.46. The molecule has 0 bridgehead atoms. The fourth-order valence-corrected chi connectivity index (χ4v) is 4.04. The molecule has 1 aromatic rings. The number of hydrogen-bond acceptors (Lipinski definition) is 6. The lowest BCUT2D eigenvalue weighted by Gasteiger charge is -2.13. The second-order valence-corrected chi connectivity index (χ2v) is 8.50. The summed E-state index contributed by atoms with van der Waals surface area (Å²) in [6.45, 7) is 1.37. The normalized spacial score (nSPS) is 13.8. The third-order valence-electron chi connectivity index (χ3n) is 2.42. The molecule has 118 valence electrons. The molecule has 0 saturated carbocycles. The Labute approximate surface area is 122 Å². The van der Waals surface area contributed by atoms with Crippen molar-refractivity contribution in [2.24, 2.45) is 0 Å². The van der Waals surface area contributed by atoms with Crippen LogP contribution in [0.15, 0.2) is 23.1 Å². The first-order valence-electron chi connectivity index (χ1n) is 5.69. The summed E-state index contributed by atoms with van der Waals surface area (Å²) in [5, 5.41) is 18.2. The van der Waals surface area contributed by atoms with Gasteiger partial charge in [0.25, 0.3) is 0 Å². The van der Waals surface area contributed by atoms with Crippen LogP contribution in [-0.4, -0.2) is 51.1 Å². The van der Waals surface area contributed by atoms with Crippen LogP contribution in [0.4, 0.5) is 0 Å². The molecule has 3 N–H and O–H groups in total. The minimum Gasteiger partial charge on any atom is -0.507 e. The first-order valence-corrected chi connectivity index (χ1v) is 9.23. The Balaban J connectivity index is 3.09. The molecule has 0 aromatic heterocycles. The number of rotatable bonds is 6. The smallest absolute Gasteiger partial charge is 0.339 e. The number of carboxylic acids is 1. The van der Waals surface area contributed by atoms with Crippen LogP contribution in [0.3, 0.4) is 0 Å². The highest BCUT2D eigenvalue weighted by Crippen LogP contribution is 2.21. The Bertz CT molecular complexity index is 753. The average Bonchev–Trinajstić information content (AvgIpc) is 2.24. The van der Waals surface area contributed by atoms with Crippen molar-refractivity contribution < 1.29 is 31.8 Å². The van der Waals surface area contributed by atoms with Crippen molar-refractivity contribution in [1.82, 2.24) is 4.72 Å². The fraction of sp³-hybridized carbons (Fsp3) is 0.364. The first-order chi connectivity index (χ1) is 9.42. The Morgan fingerprint density at radius 3 is 2.33 bits per heavy atom. The zero-order chi connectivity index (χ0) is 16.4. The Morgan fingerprint density at radius 1 is 1.29 bits per heavy atom. The summed E-state index contributed by atoms with van der Waals surface area (Å²) in [5.74, 6) is -2.44. The maximum Gasteiger partial charge on any atom is 0.339 e. The van der Waals surface area contributed by atoms with Gasteiger partial charge in [-0.2, -0.15) is 0 Å². The van der Waals surface area contributed by atoms with Gasteiger partial charge < -0.3 is 10.2 Å². The molecule has 0 aliphatic rings. The predicted octanol–water partition coefficient (Wildman–Crippen LogP) is -0.198. The summed E-state index contributed by atoms with van der Waals surface area (Å²) in [4.78, 5) is 10.5. The monoisotopic (exact) mass is 337 g/mol. The number of aromatic hydroxyl groups is 1. The third kappa shape index (κ3) is 4.99. The molecule has 0 heterocycles. The van der Waals surface area contributed by atoms with Gasteiger partial charge in [0.05, 0.1) is 10.6 Å². The van der Waals surface area contributed by atoms with Crippen molar-refractivity contribution in [2.45, 2.75) is 17.9 Å². The molecule has 1 atom stereocenters. The zero-order valence-electron chi connectivity index (χ0n) is 11.3. The molecule has 1 rings (SSSR count). The van der Waals surface area contributed by atoms with Gasteiger partial charge >= 0.3 is 5.97 Å². The number of carboxylic acid groups (broad SMARTS) is 1. The van der Waals surface area contributed by atoms with E-state index < -0.39 is 48.9 Å². The molecule has 8 nitrogen and oxygen atoms in total. The lowest BCUT2D eigenvalue weighted by atomic mass is 10.2. The van der Waals surface area contributed by atoms with Gasteiger partial charge in [-0.3, -0.25) is 0 Å². The molecule has 0 amide bonds. The standard InChI is InChI=1S/C11H15NO7S2/c1-7(6-20(2,16)17)12-21(18,19)8-3-4-10(13)9(5-8)11(14)15/h3-5,7,12-13H,6H2,1-2H3,(H,14,15). The van der Waals surface area contributed by atoms with Gasteiger partial charge in [0.1, 0.15) is 21.2 Å². The van der Waals surface area contributed by atoms with Gasteiger partial charge in [-0.1, -0.05) is 0 Å². The first kappa shape index (κ1) is 17.4. The van der Waals surface area contributed by atoms with E-state index in [2.05, 4.69) is 4.72 Å². The van der Waals surface area contributed by atoms with Crippen LogP contribution in [0.25, 0.3) is 0 Å². The molecule has 0 fully saturated rings. The largest absolute Gasteiger partial charge is 0.507 e. The second kappa shape index (κ2) is 6.00. The van der Waals surface area contributed by atoms with Crippen LogP contribution >= 0.6 is 0 Å². The predicted molar refractivity (Wildman–Crippen MR) is 74.6 cm³/mol. The van der Waals surface area contributed by atoms with E-state index in [4.69, 9.17) is 5.11 Å². The van der Waals surface area contributed by atoms with Crippen LogP contribution in [0.2, 0.25) is 0 Å². The number of sulfone groups is 1. The van der Waals surface area contributed by atoms with Crippen molar-refractivity contribution >= 4 is 25.8 Å². The number of sulfonamides is 1. The highest BCUT2D eigenvalue weighted by Gasteiger charge is 2.22. The topological polar surface area (TPSA) is 138 Å². The quantitative estimate of drug-likeness (QED) is 0.653. The zero-order valence-corrected chi connectivity index (χ0v) is 12.9. The molecule has 1 unspecified atom stereocenters. The molecule has 0 aliphatic carbocycles. The highest BCUT2D eigenvalue weighted by atomic mass is 32.2. The molecular weight excluding hydrogens is 322 g/mol. The Kier molecular flexibility index (Phi) is 4.97. The van der Waals surface area contributed by atoms with E-state index in [0.29, 0.717) is 0 Å². The number of nitrogens with one attached hydrogen (secondary N) is 1. The van der Waals surface area contributed by atoms with Gasteiger partial charge in [-0.25, -0.2) is 26.4 Å². The summed E-state index contributed by atoms with van der Waals surface area (Å²) < 4.78 is 48.4.